The normalized spacial score (nSPS) is 19.9. The summed E-state index contributed by atoms with van der Waals surface area (Å²) in [5.41, 5.74) is 1.04. The lowest BCUT2D eigenvalue weighted by molar-refractivity contribution is -0.134. The Morgan fingerprint density at radius 1 is 1.09 bits per heavy atom. The van der Waals surface area contributed by atoms with Gasteiger partial charge in [0, 0.05) is 18.8 Å². The summed E-state index contributed by atoms with van der Waals surface area (Å²) in [4.78, 5) is 39.7. The Morgan fingerprint density at radius 2 is 1.76 bits per heavy atom. The van der Waals surface area contributed by atoms with Gasteiger partial charge in [0.15, 0.2) is 0 Å². The van der Waals surface area contributed by atoms with Crippen LogP contribution in [0.3, 0.4) is 0 Å². The molecule has 2 aromatic rings. The molecule has 1 unspecified atom stereocenters. The number of urea groups is 1. The average molecular weight is 485 g/mol. The second-order valence-corrected chi connectivity index (χ2v) is 10.3. The SMILES string of the molecule is CCN(CC)S(=O)(=O)c1ccc(NC(=O)CN2C(=O)NC3(CCCc4ccccc43)C2=O)cc1. The smallest absolute Gasteiger partial charge is 0.325 e. The summed E-state index contributed by atoms with van der Waals surface area (Å²) >= 11 is 0. The Morgan fingerprint density at radius 3 is 2.44 bits per heavy atom. The van der Waals surface area contributed by atoms with Crippen molar-refractivity contribution < 1.29 is 22.8 Å². The lowest BCUT2D eigenvalue weighted by atomic mass is 9.76. The summed E-state index contributed by atoms with van der Waals surface area (Å²) in [6.45, 7) is 3.81. The number of hydrogen-bond donors (Lipinski definition) is 2. The third-order valence-electron chi connectivity index (χ3n) is 6.43. The fourth-order valence-corrected chi connectivity index (χ4v) is 6.18. The number of nitrogens with zero attached hydrogens (tertiary/aromatic N) is 2. The molecule has 0 saturated carbocycles. The van der Waals surface area contributed by atoms with Crippen LogP contribution in [0.1, 0.15) is 37.8 Å². The maximum atomic E-state index is 13.3. The minimum absolute atomic E-state index is 0.126. The van der Waals surface area contributed by atoms with Crippen LogP contribution < -0.4 is 10.6 Å². The molecular weight excluding hydrogens is 456 g/mol. The maximum absolute atomic E-state index is 13.3. The van der Waals surface area contributed by atoms with E-state index >= 15 is 0 Å². The van der Waals surface area contributed by atoms with Crippen molar-refractivity contribution in [1.29, 1.82) is 0 Å². The fraction of sp³-hybridized carbons (Fsp3) is 0.375. The van der Waals surface area contributed by atoms with Gasteiger partial charge in [-0.15, -0.1) is 0 Å². The second kappa shape index (κ2) is 9.19. The molecule has 2 aliphatic rings. The molecule has 1 atom stereocenters. The van der Waals surface area contributed by atoms with Crippen LogP contribution in [0, 0.1) is 0 Å². The quantitative estimate of drug-likeness (QED) is 0.586. The Bertz CT molecular complexity index is 1220. The zero-order valence-corrected chi connectivity index (χ0v) is 20.0. The van der Waals surface area contributed by atoms with Gasteiger partial charge in [0.25, 0.3) is 5.91 Å². The van der Waals surface area contributed by atoms with E-state index in [0.29, 0.717) is 25.2 Å². The molecule has 1 aliphatic carbocycles. The number of fused-ring (bicyclic) bond motifs is 2. The molecule has 0 radical (unpaired) electrons. The van der Waals surface area contributed by atoms with Crippen LogP contribution in [0.25, 0.3) is 0 Å². The molecule has 1 saturated heterocycles. The van der Waals surface area contributed by atoms with E-state index in [1.165, 1.54) is 28.6 Å². The number of carbonyl (C=O) groups is 3. The number of sulfonamides is 1. The first-order chi connectivity index (χ1) is 16.2. The summed E-state index contributed by atoms with van der Waals surface area (Å²) in [7, 11) is -3.61. The molecule has 2 N–H and O–H groups in total. The molecule has 10 heteroatoms. The maximum Gasteiger partial charge on any atom is 0.325 e. The third kappa shape index (κ3) is 4.07. The van der Waals surface area contributed by atoms with Crippen molar-refractivity contribution in [3.05, 3.63) is 59.7 Å². The van der Waals surface area contributed by atoms with E-state index in [4.69, 9.17) is 0 Å². The number of imide groups is 1. The van der Waals surface area contributed by atoms with Gasteiger partial charge in [0.05, 0.1) is 4.90 Å². The molecule has 2 aromatic carbocycles. The van der Waals surface area contributed by atoms with Gasteiger partial charge in [0.2, 0.25) is 15.9 Å². The van der Waals surface area contributed by atoms with E-state index in [0.717, 1.165) is 28.9 Å². The van der Waals surface area contributed by atoms with Crippen LogP contribution in [0.4, 0.5) is 10.5 Å². The molecule has 1 aliphatic heterocycles. The number of benzene rings is 2. The van der Waals surface area contributed by atoms with Crippen molar-refractivity contribution >= 4 is 33.6 Å². The topological polar surface area (TPSA) is 116 Å². The predicted octanol–water partition coefficient (Wildman–Crippen LogP) is 2.44. The van der Waals surface area contributed by atoms with Gasteiger partial charge >= 0.3 is 6.03 Å². The molecule has 0 bridgehead atoms. The first kappa shape index (κ1) is 23.9. The monoisotopic (exact) mass is 484 g/mol. The molecule has 0 aromatic heterocycles. The standard InChI is InChI=1S/C24H28N4O5S/c1-3-27(4-2)34(32,33)19-13-11-18(12-14-19)25-21(29)16-28-22(30)24(26-23(28)31)15-7-9-17-8-5-6-10-20(17)24/h5-6,8,10-14H,3-4,7,9,15-16H2,1-2H3,(H,25,29)(H,26,31). The Kier molecular flexibility index (Phi) is 6.46. The Hall–Kier alpha value is -3.24. The largest absolute Gasteiger partial charge is 0.325 e. The average Bonchev–Trinajstić information content (AvgIpc) is 3.05. The molecule has 180 valence electrons. The molecule has 4 rings (SSSR count). The van der Waals surface area contributed by atoms with Crippen molar-refractivity contribution in [1.82, 2.24) is 14.5 Å². The molecule has 1 fully saturated rings. The lowest BCUT2D eigenvalue weighted by Gasteiger charge is -2.33. The first-order valence-electron chi connectivity index (χ1n) is 11.4. The molecule has 4 amide bonds. The van der Waals surface area contributed by atoms with Crippen LogP contribution in [0.2, 0.25) is 0 Å². The number of carbonyl (C=O) groups excluding carboxylic acids is 3. The minimum Gasteiger partial charge on any atom is -0.325 e. The van der Waals surface area contributed by atoms with E-state index in [9.17, 15) is 22.8 Å². The Balaban J connectivity index is 1.46. The highest BCUT2D eigenvalue weighted by Gasteiger charge is 2.54. The molecular formula is C24H28N4O5S. The van der Waals surface area contributed by atoms with Gasteiger partial charge in [-0.05, 0) is 54.7 Å². The lowest BCUT2D eigenvalue weighted by Crippen LogP contribution is -2.47. The molecule has 34 heavy (non-hydrogen) atoms. The predicted molar refractivity (Wildman–Crippen MR) is 126 cm³/mol. The van der Waals surface area contributed by atoms with Crippen molar-refractivity contribution in [2.45, 2.75) is 43.5 Å². The van der Waals surface area contributed by atoms with Crippen LogP contribution >= 0.6 is 0 Å². The van der Waals surface area contributed by atoms with Gasteiger partial charge in [-0.25, -0.2) is 13.2 Å². The van der Waals surface area contributed by atoms with E-state index in [2.05, 4.69) is 10.6 Å². The van der Waals surface area contributed by atoms with Crippen molar-refractivity contribution in [3.63, 3.8) is 0 Å². The van der Waals surface area contributed by atoms with E-state index < -0.39 is 40.0 Å². The van der Waals surface area contributed by atoms with Gasteiger partial charge < -0.3 is 10.6 Å². The summed E-state index contributed by atoms with van der Waals surface area (Å²) in [5, 5.41) is 5.46. The third-order valence-corrected chi connectivity index (χ3v) is 8.50. The number of anilines is 1. The highest BCUT2D eigenvalue weighted by atomic mass is 32.2. The first-order valence-corrected chi connectivity index (χ1v) is 12.8. The van der Waals surface area contributed by atoms with Crippen molar-refractivity contribution in [2.75, 3.05) is 25.0 Å². The van der Waals surface area contributed by atoms with Crippen LogP contribution in [0.15, 0.2) is 53.4 Å². The summed E-state index contributed by atoms with van der Waals surface area (Å²) in [6, 6.07) is 12.8. The van der Waals surface area contributed by atoms with Crippen LogP contribution in [-0.2, 0) is 31.6 Å². The Labute approximate surface area is 199 Å². The van der Waals surface area contributed by atoms with Crippen molar-refractivity contribution in [3.8, 4) is 0 Å². The zero-order chi connectivity index (χ0) is 24.5. The van der Waals surface area contributed by atoms with Crippen LogP contribution in [-0.4, -0.2) is 55.1 Å². The molecule has 1 spiro atoms. The number of amides is 4. The van der Waals surface area contributed by atoms with Crippen molar-refractivity contribution in [2.24, 2.45) is 0 Å². The molecule has 9 nitrogen and oxygen atoms in total. The van der Waals surface area contributed by atoms with E-state index in [1.54, 1.807) is 13.8 Å². The highest BCUT2D eigenvalue weighted by Crippen LogP contribution is 2.39. The zero-order valence-electron chi connectivity index (χ0n) is 19.2. The number of hydrogen-bond acceptors (Lipinski definition) is 5. The van der Waals surface area contributed by atoms with Gasteiger partial charge in [-0.3, -0.25) is 14.5 Å². The minimum atomic E-state index is -3.61. The highest BCUT2D eigenvalue weighted by molar-refractivity contribution is 7.89. The summed E-state index contributed by atoms with van der Waals surface area (Å²) in [6.07, 6.45) is 2.07. The summed E-state index contributed by atoms with van der Waals surface area (Å²) in [5.74, 6) is -0.982. The summed E-state index contributed by atoms with van der Waals surface area (Å²) < 4.78 is 26.6. The number of nitrogens with one attached hydrogen (secondary N) is 2. The molecule has 1 heterocycles. The van der Waals surface area contributed by atoms with Gasteiger partial charge in [-0.2, -0.15) is 4.31 Å². The van der Waals surface area contributed by atoms with E-state index in [1.807, 2.05) is 24.3 Å². The van der Waals surface area contributed by atoms with Gasteiger partial charge in [-0.1, -0.05) is 38.1 Å². The van der Waals surface area contributed by atoms with Gasteiger partial charge in [0.1, 0.15) is 12.1 Å². The van der Waals surface area contributed by atoms with E-state index in [-0.39, 0.29) is 4.90 Å². The van der Waals surface area contributed by atoms with Crippen LogP contribution in [0.5, 0.6) is 0 Å². The number of rotatable bonds is 7. The second-order valence-electron chi connectivity index (χ2n) is 8.40. The fourth-order valence-electron chi connectivity index (χ4n) is 4.72. The number of aryl methyl sites for hydroxylation is 1.